The van der Waals surface area contributed by atoms with Crippen LogP contribution in [0.2, 0.25) is 0 Å². The van der Waals surface area contributed by atoms with Crippen molar-refractivity contribution >= 4 is 5.91 Å². The summed E-state index contributed by atoms with van der Waals surface area (Å²) in [4.78, 5) is 18.4. The summed E-state index contributed by atoms with van der Waals surface area (Å²) in [5.41, 5.74) is -0.110. The van der Waals surface area contributed by atoms with E-state index in [0.717, 1.165) is 39.0 Å². The molecule has 23 heavy (non-hydrogen) atoms. The smallest absolute Gasteiger partial charge is 0.226 e. The van der Waals surface area contributed by atoms with E-state index in [-0.39, 0.29) is 11.5 Å². The van der Waals surface area contributed by atoms with E-state index in [1.165, 1.54) is 0 Å². The van der Waals surface area contributed by atoms with Crippen molar-refractivity contribution in [3.05, 3.63) is 24.4 Å². The van der Waals surface area contributed by atoms with E-state index in [0.29, 0.717) is 30.2 Å². The molecular weight excluding hydrogens is 292 g/mol. The van der Waals surface area contributed by atoms with Gasteiger partial charge in [0.05, 0.1) is 19.7 Å². The summed E-state index contributed by atoms with van der Waals surface area (Å²) < 4.78 is 11.8. The molecule has 1 saturated carbocycles. The first-order chi connectivity index (χ1) is 11.2. The number of amides is 1. The van der Waals surface area contributed by atoms with Crippen LogP contribution in [-0.4, -0.2) is 47.7 Å². The summed E-state index contributed by atoms with van der Waals surface area (Å²) in [6.45, 7) is 5.14. The lowest BCUT2D eigenvalue weighted by Gasteiger charge is -2.50. The Morgan fingerprint density at radius 2 is 2.30 bits per heavy atom. The van der Waals surface area contributed by atoms with Crippen LogP contribution in [-0.2, 0) is 9.53 Å². The molecule has 5 heteroatoms. The van der Waals surface area contributed by atoms with Gasteiger partial charge in [0.15, 0.2) is 0 Å². The molecule has 0 unspecified atom stereocenters. The Labute approximate surface area is 137 Å². The van der Waals surface area contributed by atoms with Gasteiger partial charge in [0, 0.05) is 24.8 Å². The fourth-order valence-electron chi connectivity index (χ4n) is 3.94. The molecule has 3 atom stereocenters. The third-order valence-electron chi connectivity index (χ3n) is 5.61. The quantitative estimate of drug-likeness (QED) is 0.835. The SMILES string of the molecule is C[C@@H]1C[C@@H]1C(=O)N1CC2(C1)OCC[C@H]2CCOc1ccccn1. The highest BCUT2D eigenvalue weighted by Gasteiger charge is 2.56. The minimum atomic E-state index is -0.110. The van der Waals surface area contributed by atoms with Crippen molar-refractivity contribution in [3.8, 4) is 5.88 Å². The summed E-state index contributed by atoms with van der Waals surface area (Å²) in [5.74, 6) is 2.34. The van der Waals surface area contributed by atoms with E-state index in [4.69, 9.17) is 9.47 Å². The molecule has 1 aliphatic carbocycles. The van der Waals surface area contributed by atoms with Crippen molar-refractivity contribution in [2.75, 3.05) is 26.3 Å². The molecule has 124 valence electrons. The zero-order valence-electron chi connectivity index (χ0n) is 13.6. The monoisotopic (exact) mass is 316 g/mol. The average Bonchev–Trinajstić information content (AvgIpc) is 3.10. The number of hydrogen-bond acceptors (Lipinski definition) is 4. The van der Waals surface area contributed by atoms with Gasteiger partial charge in [0.2, 0.25) is 11.8 Å². The largest absolute Gasteiger partial charge is 0.478 e. The lowest BCUT2D eigenvalue weighted by atomic mass is 9.79. The van der Waals surface area contributed by atoms with Gasteiger partial charge in [-0.15, -0.1) is 0 Å². The third kappa shape index (κ3) is 2.82. The molecule has 0 aromatic carbocycles. The van der Waals surface area contributed by atoms with E-state index < -0.39 is 0 Å². The van der Waals surface area contributed by atoms with Crippen molar-refractivity contribution in [1.29, 1.82) is 0 Å². The molecule has 1 amide bonds. The summed E-state index contributed by atoms with van der Waals surface area (Å²) in [7, 11) is 0. The maximum Gasteiger partial charge on any atom is 0.226 e. The predicted molar refractivity (Wildman–Crippen MR) is 85.0 cm³/mol. The Hall–Kier alpha value is -1.62. The van der Waals surface area contributed by atoms with Crippen LogP contribution in [0.5, 0.6) is 5.88 Å². The number of carbonyl (C=O) groups excluding carboxylic acids is 1. The predicted octanol–water partition coefficient (Wildman–Crippen LogP) is 2.12. The number of pyridine rings is 1. The first-order valence-corrected chi connectivity index (χ1v) is 8.64. The molecule has 0 bridgehead atoms. The number of hydrogen-bond donors (Lipinski definition) is 0. The number of carbonyl (C=O) groups is 1. The van der Waals surface area contributed by atoms with Crippen LogP contribution in [0.15, 0.2) is 24.4 Å². The van der Waals surface area contributed by atoms with E-state index in [1.807, 2.05) is 23.1 Å². The number of ether oxygens (including phenoxy) is 2. The van der Waals surface area contributed by atoms with Gasteiger partial charge < -0.3 is 14.4 Å². The minimum Gasteiger partial charge on any atom is -0.478 e. The molecule has 4 rings (SSSR count). The molecule has 3 aliphatic rings. The van der Waals surface area contributed by atoms with Gasteiger partial charge in [-0.1, -0.05) is 13.0 Å². The first kappa shape index (κ1) is 14.9. The van der Waals surface area contributed by atoms with Crippen LogP contribution in [0.1, 0.15) is 26.2 Å². The topological polar surface area (TPSA) is 51.7 Å². The van der Waals surface area contributed by atoms with Gasteiger partial charge in [0.1, 0.15) is 5.60 Å². The van der Waals surface area contributed by atoms with Crippen molar-refractivity contribution in [1.82, 2.24) is 9.88 Å². The van der Waals surface area contributed by atoms with Crippen LogP contribution in [0.4, 0.5) is 0 Å². The third-order valence-corrected chi connectivity index (χ3v) is 5.61. The van der Waals surface area contributed by atoms with Crippen LogP contribution < -0.4 is 4.74 Å². The molecule has 3 heterocycles. The number of aromatic nitrogens is 1. The second-order valence-electron chi connectivity index (χ2n) is 7.22. The van der Waals surface area contributed by atoms with Gasteiger partial charge in [-0.25, -0.2) is 4.98 Å². The molecule has 3 fully saturated rings. The van der Waals surface area contributed by atoms with Gasteiger partial charge in [-0.2, -0.15) is 0 Å². The van der Waals surface area contributed by atoms with Crippen molar-refractivity contribution < 1.29 is 14.3 Å². The summed E-state index contributed by atoms with van der Waals surface area (Å²) in [6, 6.07) is 5.69. The number of rotatable bonds is 5. The second kappa shape index (κ2) is 5.78. The van der Waals surface area contributed by atoms with Gasteiger partial charge >= 0.3 is 0 Å². The molecule has 0 N–H and O–H groups in total. The van der Waals surface area contributed by atoms with Crippen LogP contribution >= 0.6 is 0 Å². The first-order valence-electron chi connectivity index (χ1n) is 8.64. The van der Waals surface area contributed by atoms with Crippen molar-refractivity contribution in [2.45, 2.75) is 31.8 Å². The molecule has 2 saturated heterocycles. The Bertz CT molecular complexity index is 571. The molecule has 1 aromatic heterocycles. The fourth-order valence-corrected chi connectivity index (χ4v) is 3.94. The van der Waals surface area contributed by atoms with Crippen LogP contribution in [0.25, 0.3) is 0 Å². The van der Waals surface area contributed by atoms with E-state index in [9.17, 15) is 4.79 Å². The zero-order valence-corrected chi connectivity index (χ0v) is 13.6. The van der Waals surface area contributed by atoms with Crippen LogP contribution in [0, 0.1) is 17.8 Å². The van der Waals surface area contributed by atoms with E-state index >= 15 is 0 Å². The normalized spacial score (nSPS) is 31.0. The van der Waals surface area contributed by atoms with Crippen molar-refractivity contribution in [3.63, 3.8) is 0 Å². The molecule has 1 aromatic rings. The zero-order chi connectivity index (χ0) is 15.9. The van der Waals surface area contributed by atoms with E-state index in [2.05, 4.69) is 11.9 Å². The molecule has 5 nitrogen and oxygen atoms in total. The Kier molecular flexibility index (Phi) is 3.76. The maximum atomic E-state index is 12.3. The Morgan fingerprint density at radius 3 is 3.00 bits per heavy atom. The van der Waals surface area contributed by atoms with Gasteiger partial charge in [-0.05, 0) is 37.2 Å². The average molecular weight is 316 g/mol. The van der Waals surface area contributed by atoms with Gasteiger partial charge in [-0.3, -0.25) is 4.79 Å². The maximum absolute atomic E-state index is 12.3. The standard InChI is InChI=1S/C18H24N2O3/c1-13-10-15(13)17(21)20-11-18(12-20)14(6-9-23-18)5-8-22-16-4-2-3-7-19-16/h2-4,7,13-15H,5-6,8-12H2,1H3/t13-,14-,15+/m1/s1. The lowest BCUT2D eigenvalue weighted by Crippen LogP contribution is -2.66. The minimum absolute atomic E-state index is 0.110. The van der Waals surface area contributed by atoms with Crippen molar-refractivity contribution in [2.24, 2.45) is 17.8 Å². The second-order valence-corrected chi connectivity index (χ2v) is 7.22. The number of likely N-dealkylation sites (tertiary alicyclic amines) is 1. The van der Waals surface area contributed by atoms with Gasteiger partial charge in [0.25, 0.3) is 0 Å². The summed E-state index contributed by atoms with van der Waals surface area (Å²) in [6.07, 6.45) is 4.82. The lowest BCUT2D eigenvalue weighted by molar-refractivity contribution is -0.167. The van der Waals surface area contributed by atoms with Crippen LogP contribution in [0.3, 0.4) is 0 Å². The molecular formula is C18H24N2O3. The highest BCUT2D eigenvalue weighted by Crippen LogP contribution is 2.45. The highest BCUT2D eigenvalue weighted by molar-refractivity contribution is 5.82. The summed E-state index contributed by atoms with van der Waals surface area (Å²) in [5, 5.41) is 0. The summed E-state index contributed by atoms with van der Waals surface area (Å²) >= 11 is 0. The molecule has 0 radical (unpaired) electrons. The molecule has 2 aliphatic heterocycles. The Balaban J connectivity index is 1.27. The fraction of sp³-hybridized carbons (Fsp3) is 0.667. The molecule has 1 spiro atoms. The van der Waals surface area contributed by atoms with E-state index in [1.54, 1.807) is 6.20 Å². The Morgan fingerprint density at radius 1 is 1.48 bits per heavy atom. The number of nitrogens with zero attached hydrogens (tertiary/aromatic N) is 2. The highest BCUT2D eigenvalue weighted by atomic mass is 16.5.